The number of fused-ring (bicyclic) bond motifs is 5. The van der Waals surface area contributed by atoms with E-state index in [0.29, 0.717) is 15.1 Å². The Morgan fingerprint density at radius 3 is 2.46 bits per heavy atom. The third-order valence-corrected chi connectivity index (χ3v) is 5.85. The van der Waals surface area contributed by atoms with Gasteiger partial charge in [0.1, 0.15) is 0 Å². The zero-order valence-electron chi connectivity index (χ0n) is 13.7. The van der Waals surface area contributed by atoms with Crippen molar-refractivity contribution < 1.29 is 19.1 Å². The van der Waals surface area contributed by atoms with Crippen LogP contribution in [0, 0.1) is 23.7 Å². The van der Waals surface area contributed by atoms with Crippen LogP contribution in [0.15, 0.2) is 33.9 Å². The molecule has 1 saturated carbocycles. The maximum atomic E-state index is 12.6. The van der Waals surface area contributed by atoms with E-state index in [4.69, 9.17) is 16.3 Å². The maximum absolute atomic E-state index is 12.6. The molecule has 0 radical (unpaired) electrons. The number of rotatable bonds is 3. The van der Waals surface area contributed by atoms with E-state index in [0.717, 1.165) is 11.4 Å². The van der Waals surface area contributed by atoms with Gasteiger partial charge in [0.15, 0.2) is 5.75 Å². The fraction of sp³-hybridized carbons (Fsp3) is 0.333. The number of halogens is 2. The van der Waals surface area contributed by atoms with Gasteiger partial charge < -0.3 is 4.74 Å². The van der Waals surface area contributed by atoms with Gasteiger partial charge in [-0.15, -0.1) is 0 Å². The molecule has 3 aliphatic rings. The van der Waals surface area contributed by atoms with Crippen LogP contribution in [-0.4, -0.2) is 29.0 Å². The molecule has 4 atom stereocenters. The number of amides is 2. The Labute approximate surface area is 162 Å². The average Bonchev–Trinajstić information content (AvgIpc) is 3.23. The van der Waals surface area contributed by atoms with Crippen molar-refractivity contribution in [3.8, 4) is 5.75 Å². The molecule has 8 heteroatoms. The van der Waals surface area contributed by atoms with Gasteiger partial charge in [-0.05, 0) is 46.3 Å². The molecule has 1 aliphatic heterocycles. The topological polar surface area (TPSA) is 76.0 Å². The Bertz CT molecular complexity index is 867. The first-order chi connectivity index (χ1) is 12.4. The summed E-state index contributed by atoms with van der Waals surface area (Å²) in [5.74, 6) is -1.20. The third kappa shape index (κ3) is 2.70. The minimum Gasteiger partial charge on any atom is -0.425 e. The summed E-state index contributed by atoms with van der Waals surface area (Å²) in [5.41, 5.74) is 0.387. The van der Waals surface area contributed by atoms with E-state index in [1.807, 2.05) is 12.2 Å². The van der Waals surface area contributed by atoms with Gasteiger partial charge in [0.05, 0.1) is 22.5 Å². The largest absolute Gasteiger partial charge is 0.425 e. The van der Waals surface area contributed by atoms with Crippen LogP contribution in [0.3, 0.4) is 0 Å². The highest BCUT2D eigenvalue weighted by Crippen LogP contribution is 2.52. The first kappa shape index (κ1) is 17.4. The molecule has 1 saturated heterocycles. The van der Waals surface area contributed by atoms with Crippen LogP contribution >= 0.6 is 27.5 Å². The van der Waals surface area contributed by atoms with Crippen molar-refractivity contribution in [2.24, 2.45) is 28.8 Å². The van der Waals surface area contributed by atoms with E-state index in [9.17, 15) is 14.4 Å². The van der Waals surface area contributed by atoms with Crippen molar-refractivity contribution >= 4 is 51.5 Å². The molecule has 2 bridgehead atoms. The average molecular weight is 438 g/mol. The molecular weight excluding hydrogens is 424 g/mol. The normalized spacial score (nSPS) is 29.1. The van der Waals surface area contributed by atoms with Crippen molar-refractivity contribution in [2.75, 3.05) is 0 Å². The number of carbonyl (C=O) groups is 3. The first-order valence-corrected chi connectivity index (χ1v) is 9.31. The summed E-state index contributed by atoms with van der Waals surface area (Å²) >= 11 is 9.34. The van der Waals surface area contributed by atoms with E-state index in [1.54, 1.807) is 12.1 Å². The zero-order valence-corrected chi connectivity index (χ0v) is 16.0. The van der Waals surface area contributed by atoms with Gasteiger partial charge in [-0.2, -0.15) is 10.1 Å². The number of benzene rings is 1. The third-order valence-electron chi connectivity index (χ3n) is 5.04. The number of imide groups is 1. The van der Waals surface area contributed by atoms with Gasteiger partial charge in [-0.3, -0.25) is 14.4 Å². The molecule has 1 aromatic carbocycles. The predicted molar refractivity (Wildman–Crippen MR) is 97.6 cm³/mol. The second-order valence-electron chi connectivity index (χ2n) is 6.63. The summed E-state index contributed by atoms with van der Waals surface area (Å²) in [5, 5.41) is 5.43. The summed E-state index contributed by atoms with van der Waals surface area (Å²) in [6, 6.07) is 3.13. The summed E-state index contributed by atoms with van der Waals surface area (Å²) in [6.07, 6.45) is 6.23. The van der Waals surface area contributed by atoms with Crippen molar-refractivity contribution in [3.05, 3.63) is 39.3 Å². The molecule has 0 unspecified atom stereocenters. The number of allylic oxidation sites excluding steroid dienone is 2. The molecule has 2 fully saturated rings. The predicted octanol–water partition coefficient (Wildman–Crippen LogP) is 3.17. The lowest BCUT2D eigenvalue weighted by atomic mass is 9.85. The molecule has 26 heavy (non-hydrogen) atoms. The lowest BCUT2D eigenvalue weighted by Crippen LogP contribution is -2.28. The summed E-state index contributed by atoms with van der Waals surface area (Å²) in [7, 11) is 0. The van der Waals surface area contributed by atoms with E-state index >= 15 is 0 Å². The van der Waals surface area contributed by atoms with Gasteiger partial charge in [0.2, 0.25) is 0 Å². The number of hydrogen-bond donors (Lipinski definition) is 0. The minimum absolute atomic E-state index is 0.124. The molecule has 0 N–H and O–H groups in total. The van der Waals surface area contributed by atoms with Crippen LogP contribution < -0.4 is 4.74 Å². The Balaban J connectivity index is 1.64. The summed E-state index contributed by atoms with van der Waals surface area (Å²) < 4.78 is 5.66. The van der Waals surface area contributed by atoms with E-state index in [1.165, 1.54) is 13.1 Å². The van der Waals surface area contributed by atoms with Gasteiger partial charge >= 0.3 is 5.97 Å². The summed E-state index contributed by atoms with van der Waals surface area (Å²) in [4.78, 5) is 36.6. The van der Waals surface area contributed by atoms with Crippen molar-refractivity contribution in [1.29, 1.82) is 0 Å². The highest BCUT2D eigenvalue weighted by atomic mass is 79.9. The maximum Gasteiger partial charge on any atom is 0.308 e. The van der Waals surface area contributed by atoms with E-state index in [-0.39, 0.29) is 41.2 Å². The van der Waals surface area contributed by atoms with Gasteiger partial charge in [-0.1, -0.05) is 23.8 Å². The fourth-order valence-electron chi connectivity index (χ4n) is 4.05. The Morgan fingerprint density at radius 1 is 1.27 bits per heavy atom. The quantitative estimate of drug-likeness (QED) is 0.239. The molecule has 0 spiro atoms. The van der Waals surface area contributed by atoms with Crippen LogP contribution in [0.4, 0.5) is 0 Å². The monoisotopic (exact) mass is 436 g/mol. The molecule has 134 valence electrons. The molecule has 0 aromatic heterocycles. The fourth-order valence-corrected chi connectivity index (χ4v) is 4.96. The SMILES string of the molecule is CC(=O)Oc1c(Br)cc(Cl)cc1C=NN1C(=O)[C@@H]2[C@H](C1=O)[C@H]1C=C[C@H]2C1. The molecule has 2 aliphatic carbocycles. The van der Waals surface area contributed by atoms with Crippen molar-refractivity contribution in [3.63, 3.8) is 0 Å². The van der Waals surface area contributed by atoms with Crippen LogP contribution in [0.2, 0.25) is 5.02 Å². The Kier molecular flexibility index (Phi) is 4.23. The first-order valence-electron chi connectivity index (χ1n) is 8.14. The van der Waals surface area contributed by atoms with Gasteiger partial charge in [-0.25, -0.2) is 0 Å². The van der Waals surface area contributed by atoms with Crippen LogP contribution in [0.5, 0.6) is 5.75 Å². The lowest BCUT2D eigenvalue weighted by Gasteiger charge is -2.13. The highest BCUT2D eigenvalue weighted by molar-refractivity contribution is 9.10. The second-order valence-corrected chi connectivity index (χ2v) is 7.92. The summed E-state index contributed by atoms with van der Waals surface area (Å²) in [6.45, 7) is 1.28. The zero-order chi connectivity index (χ0) is 18.6. The van der Waals surface area contributed by atoms with Crippen molar-refractivity contribution in [1.82, 2.24) is 5.01 Å². The Hall–Kier alpha value is -1.99. The highest BCUT2D eigenvalue weighted by Gasteiger charge is 2.59. The minimum atomic E-state index is -0.506. The molecule has 1 heterocycles. The number of ether oxygens (including phenoxy) is 1. The smallest absolute Gasteiger partial charge is 0.308 e. The number of hydrazone groups is 1. The standard InChI is InChI=1S/C18H14BrClN2O4/c1-8(23)26-16-11(5-12(20)6-13(16)19)7-21-22-17(24)14-9-2-3-10(4-9)15(14)18(22)25/h2-3,5-7,9-10,14-15H,4H2,1H3/t9-,10-,14-,15+/m0/s1. The van der Waals surface area contributed by atoms with Gasteiger partial charge in [0, 0.05) is 17.5 Å². The molecule has 4 rings (SSSR count). The van der Waals surface area contributed by atoms with Crippen LogP contribution in [0.25, 0.3) is 0 Å². The van der Waals surface area contributed by atoms with E-state index < -0.39 is 5.97 Å². The van der Waals surface area contributed by atoms with Crippen LogP contribution in [0.1, 0.15) is 18.9 Å². The molecule has 2 amide bonds. The molecule has 1 aromatic rings. The number of nitrogens with zero attached hydrogens (tertiary/aromatic N) is 2. The number of carbonyl (C=O) groups excluding carboxylic acids is 3. The molecule has 6 nitrogen and oxygen atoms in total. The van der Waals surface area contributed by atoms with Gasteiger partial charge in [0.25, 0.3) is 11.8 Å². The van der Waals surface area contributed by atoms with Crippen molar-refractivity contribution in [2.45, 2.75) is 13.3 Å². The number of hydrogen-bond acceptors (Lipinski definition) is 5. The lowest BCUT2D eigenvalue weighted by molar-refractivity contribution is -0.140. The molecular formula is C18H14BrClN2O4. The number of esters is 1. The van der Waals surface area contributed by atoms with Crippen LogP contribution in [-0.2, 0) is 14.4 Å². The second kappa shape index (κ2) is 6.32. The Morgan fingerprint density at radius 2 is 1.88 bits per heavy atom. The van der Waals surface area contributed by atoms with E-state index in [2.05, 4.69) is 21.0 Å².